The van der Waals surface area contributed by atoms with Gasteiger partial charge < -0.3 is 13.3 Å². The average Bonchev–Trinajstić information content (AvgIpc) is 2.45. The van der Waals surface area contributed by atoms with Crippen molar-refractivity contribution in [1.29, 1.82) is 0 Å². The minimum atomic E-state index is -6.00. The van der Waals surface area contributed by atoms with Crippen molar-refractivity contribution in [3.63, 3.8) is 0 Å². The molecule has 0 saturated heterocycles. The van der Waals surface area contributed by atoms with E-state index in [4.69, 9.17) is 4.43 Å². The number of ether oxygens (including phenoxy) is 1. The Morgan fingerprint density at radius 3 is 2.08 bits per heavy atom. The number of alkyl halides is 3. The van der Waals surface area contributed by atoms with Crippen LogP contribution >= 0.6 is 0 Å². The summed E-state index contributed by atoms with van der Waals surface area (Å²) in [7, 11) is -7.57. The number of hydrogen-bond acceptors (Lipinski definition) is 6. The van der Waals surface area contributed by atoms with Gasteiger partial charge in [-0.1, -0.05) is 26.8 Å². The minimum Gasteiger partial charge on any atom is -0.541 e. The molecule has 0 aliphatic carbocycles. The molecule has 0 fully saturated rings. The van der Waals surface area contributed by atoms with Crippen molar-refractivity contribution >= 4 is 24.4 Å². The number of rotatable bonds is 5. The molecule has 0 saturated carbocycles. The van der Waals surface area contributed by atoms with Gasteiger partial charge in [0.25, 0.3) is 8.32 Å². The molecule has 0 radical (unpaired) electrons. The fourth-order valence-electron chi connectivity index (χ4n) is 1.54. The molecule has 1 rings (SSSR count). The van der Waals surface area contributed by atoms with E-state index in [1.54, 1.807) is 13.1 Å². The van der Waals surface area contributed by atoms with Crippen molar-refractivity contribution in [3.05, 3.63) is 23.8 Å². The molecule has 0 aromatic heterocycles. The van der Waals surface area contributed by atoms with Gasteiger partial charge in [0.1, 0.15) is 11.3 Å². The molecule has 0 aliphatic rings. The number of methoxy groups -OCH3 is 1. The van der Waals surface area contributed by atoms with Gasteiger partial charge in [-0.25, -0.2) is 4.79 Å². The maximum absolute atomic E-state index is 12.7. The summed E-state index contributed by atoms with van der Waals surface area (Å²) in [6.45, 7) is 9.27. The summed E-state index contributed by atoms with van der Waals surface area (Å²) in [5, 5.41) is -0.339. The molecule has 0 spiro atoms. The molecule has 0 unspecified atom stereocenters. The summed E-state index contributed by atoms with van der Waals surface area (Å²) in [5.74, 6) is -2.17. The number of esters is 1. The standard InChI is InChI=1S/C15H21F3O6SSi/c1-14(2,3)26(5,6)24-11-9-7-8-10(13(19)22-4)12(11)23-25(20,21)15(16,17)18/h7-9H,1-6H3. The Balaban J connectivity index is 3.56. The second-order valence-corrected chi connectivity index (χ2v) is 13.2. The van der Waals surface area contributed by atoms with Gasteiger partial charge in [-0.15, -0.1) is 0 Å². The van der Waals surface area contributed by atoms with Crippen LogP contribution < -0.4 is 8.61 Å². The van der Waals surface area contributed by atoms with Gasteiger partial charge in [-0.3, -0.25) is 0 Å². The Kier molecular flexibility index (Phi) is 6.09. The molecule has 0 bridgehead atoms. The predicted molar refractivity (Wildman–Crippen MR) is 91.2 cm³/mol. The molecule has 0 aliphatic heterocycles. The van der Waals surface area contributed by atoms with E-state index in [-0.39, 0.29) is 10.8 Å². The van der Waals surface area contributed by atoms with Gasteiger partial charge in [0.15, 0.2) is 5.75 Å². The summed E-state index contributed by atoms with van der Waals surface area (Å²) in [6, 6.07) is 3.67. The van der Waals surface area contributed by atoms with Crippen molar-refractivity contribution in [3.8, 4) is 11.5 Å². The zero-order chi connectivity index (χ0) is 20.6. The largest absolute Gasteiger partial charge is 0.541 e. The first-order valence-corrected chi connectivity index (χ1v) is 11.8. The number of carbonyl (C=O) groups is 1. The predicted octanol–water partition coefficient (Wildman–Crippen LogP) is 4.09. The Morgan fingerprint density at radius 2 is 1.65 bits per heavy atom. The molecule has 11 heteroatoms. The zero-order valence-electron chi connectivity index (χ0n) is 15.2. The van der Waals surface area contributed by atoms with Crippen LogP contribution in [0.15, 0.2) is 18.2 Å². The lowest BCUT2D eigenvalue weighted by Crippen LogP contribution is -2.44. The Hall–Kier alpha value is -1.75. The first-order chi connectivity index (χ1) is 11.5. The molecule has 0 N–H and O–H groups in total. The highest BCUT2D eigenvalue weighted by atomic mass is 32.2. The van der Waals surface area contributed by atoms with Crippen molar-refractivity contribution < 1.29 is 39.7 Å². The van der Waals surface area contributed by atoms with Crippen LogP contribution in [0.3, 0.4) is 0 Å². The number of carbonyl (C=O) groups excluding carboxylic acids is 1. The van der Waals surface area contributed by atoms with E-state index in [1.807, 2.05) is 20.8 Å². The molecule has 148 valence electrons. The molecule has 0 amide bonds. The topological polar surface area (TPSA) is 78.9 Å². The summed E-state index contributed by atoms with van der Waals surface area (Å²) in [5.41, 5.74) is -6.15. The minimum absolute atomic E-state index is 0.271. The highest BCUT2D eigenvalue weighted by Gasteiger charge is 2.50. The lowest BCUT2D eigenvalue weighted by molar-refractivity contribution is -0.0500. The third-order valence-electron chi connectivity index (χ3n) is 4.03. The summed E-state index contributed by atoms with van der Waals surface area (Å²) in [6.07, 6.45) is 0. The van der Waals surface area contributed by atoms with Gasteiger partial charge in [-0.2, -0.15) is 21.6 Å². The van der Waals surface area contributed by atoms with Gasteiger partial charge >= 0.3 is 21.6 Å². The third kappa shape index (κ3) is 4.70. The van der Waals surface area contributed by atoms with E-state index in [0.717, 1.165) is 13.2 Å². The van der Waals surface area contributed by atoms with Crippen LogP contribution in [0.2, 0.25) is 18.1 Å². The van der Waals surface area contributed by atoms with Crippen molar-refractivity contribution in [1.82, 2.24) is 0 Å². The molecule has 26 heavy (non-hydrogen) atoms. The molecule has 0 atom stereocenters. The van der Waals surface area contributed by atoms with Crippen LogP contribution in [-0.4, -0.2) is 35.3 Å². The van der Waals surface area contributed by atoms with Crippen molar-refractivity contribution in [2.45, 2.75) is 44.4 Å². The average molecular weight is 414 g/mol. The normalized spacial score (nSPS) is 13.3. The van der Waals surface area contributed by atoms with Crippen LogP contribution in [0.1, 0.15) is 31.1 Å². The second kappa shape index (κ2) is 7.10. The van der Waals surface area contributed by atoms with E-state index in [0.29, 0.717) is 0 Å². The van der Waals surface area contributed by atoms with E-state index in [1.165, 1.54) is 12.1 Å². The fourth-order valence-corrected chi connectivity index (χ4v) is 3.04. The smallest absolute Gasteiger partial charge is 0.534 e. The first-order valence-electron chi connectivity index (χ1n) is 7.44. The Bertz CT molecular complexity index is 782. The maximum Gasteiger partial charge on any atom is 0.534 e. The number of benzene rings is 1. The zero-order valence-corrected chi connectivity index (χ0v) is 17.0. The van der Waals surface area contributed by atoms with Gasteiger partial charge in [0, 0.05) is 0 Å². The van der Waals surface area contributed by atoms with Crippen LogP contribution in [0.5, 0.6) is 11.5 Å². The van der Waals surface area contributed by atoms with Crippen LogP contribution in [0.25, 0.3) is 0 Å². The molecule has 6 nitrogen and oxygen atoms in total. The fraction of sp³-hybridized carbons (Fsp3) is 0.533. The second-order valence-electron chi connectivity index (χ2n) is 6.97. The van der Waals surface area contributed by atoms with Gasteiger partial charge in [0.2, 0.25) is 0 Å². The van der Waals surface area contributed by atoms with Crippen molar-refractivity contribution in [2.75, 3.05) is 7.11 Å². The first kappa shape index (κ1) is 22.3. The monoisotopic (exact) mass is 414 g/mol. The quantitative estimate of drug-likeness (QED) is 0.313. The van der Waals surface area contributed by atoms with E-state index in [9.17, 15) is 26.4 Å². The molecule has 0 heterocycles. The molecule has 1 aromatic rings. The molecular formula is C15H21F3O6SSi. The van der Waals surface area contributed by atoms with Gasteiger partial charge in [-0.05, 0) is 30.3 Å². The van der Waals surface area contributed by atoms with E-state index >= 15 is 0 Å². The van der Waals surface area contributed by atoms with Crippen LogP contribution in [0, 0.1) is 0 Å². The van der Waals surface area contributed by atoms with Crippen LogP contribution in [-0.2, 0) is 14.9 Å². The molecule has 1 aromatic carbocycles. The molecular weight excluding hydrogens is 393 g/mol. The number of hydrogen-bond donors (Lipinski definition) is 0. The summed E-state index contributed by atoms with van der Waals surface area (Å²) in [4.78, 5) is 11.9. The SMILES string of the molecule is COC(=O)c1cccc(O[Si](C)(C)C(C)(C)C)c1OS(=O)(=O)C(F)(F)F. The Morgan fingerprint density at radius 1 is 1.12 bits per heavy atom. The number of para-hydroxylation sites is 1. The highest BCUT2D eigenvalue weighted by Crippen LogP contribution is 2.42. The van der Waals surface area contributed by atoms with Crippen LogP contribution in [0.4, 0.5) is 13.2 Å². The van der Waals surface area contributed by atoms with Crippen molar-refractivity contribution in [2.24, 2.45) is 0 Å². The summed E-state index contributed by atoms with van der Waals surface area (Å²) >= 11 is 0. The Labute approximate surface area is 151 Å². The lowest BCUT2D eigenvalue weighted by atomic mass is 10.2. The van der Waals surface area contributed by atoms with E-state index in [2.05, 4.69) is 8.92 Å². The van der Waals surface area contributed by atoms with Gasteiger partial charge in [0.05, 0.1) is 7.11 Å². The number of halogens is 3. The highest BCUT2D eigenvalue weighted by molar-refractivity contribution is 7.88. The third-order valence-corrected chi connectivity index (χ3v) is 9.33. The lowest BCUT2D eigenvalue weighted by Gasteiger charge is -2.36. The maximum atomic E-state index is 12.7. The van der Waals surface area contributed by atoms with E-state index < -0.39 is 41.2 Å². The summed E-state index contributed by atoms with van der Waals surface area (Å²) < 4.78 is 75.7.